The van der Waals surface area contributed by atoms with E-state index < -0.39 is 0 Å². The molecule has 6 rings (SSSR count). The van der Waals surface area contributed by atoms with Crippen LogP contribution in [0.2, 0.25) is 0 Å². The maximum atomic E-state index is 13.7. The normalized spacial score (nSPS) is 19.3. The zero-order valence-corrected chi connectivity index (χ0v) is 20.2. The van der Waals surface area contributed by atoms with E-state index in [1.165, 1.54) is 24.3 Å². The number of aromatic nitrogens is 4. The molecule has 2 aromatic carbocycles. The van der Waals surface area contributed by atoms with Crippen molar-refractivity contribution in [2.24, 2.45) is 0 Å². The lowest BCUT2D eigenvalue weighted by Crippen LogP contribution is -2.57. The Kier molecular flexibility index (Phi) is 5.46. The Morgan fingerprint density at radius 3 is 2.20 bits per heavy atom. The number of hydrogen-bond acceptors (Lipinski definition) is 6. The van der Waals surface area contributed by atoms with Crippen molar-refractivity contribution in [3.8, 4) is 0 Å². The fourth-order valence-electron chi connectivity index (χ4n) is 5.15. The number of nitrogens with zero attached hydrogens (tertiary/aromatic N) is 6. The van der Waals surface area contributed by atoms with E-state index in [9.17, 15) is 8.78 Å². The largest absolute Gasteiger partial charge is 0.350 e. The molecule has 0 bridgehead atoms. The first-order valence-electron chi connectivity index (χ1n) is 11.6. The molecule has 3 aromatic heterocycles. The van der Waals surface area contributed by atoms with Gasteiger partial charge in [0, 0.05) is 25.2 Å². The number of anilines is 1. The molecule has 1 aliphatic heterocycles. The second-order valence-electron chi connectivity index (χ2n) is 9.12. The maximum absolute atomic E-state index is 13.7. The number of thiophene rings is 1. The first kappa shape index (κ1) is 22.1. The number of hydrogen-bond donors (Lipinski definition) is 0. The van der Waals surface area contributed by atoms with E-state index in [0.717, 1.165) is 40.3 Å². The van der Waals surface area contributed by atoms with Gasteiger partial charge >= 0.3 is 0 Å². The van der Waals surface area contributed by atoms with Gasteiger partial charge in [0.1, 0.15) is 18.0 Å². The summed E-state index contributed by atoms with van der Waals surface area (Å²) in [5.74, 6) is 0.971. The Hall–Kier alpha value is -3.43. The summed E-state index contributed by atoms with van der Waals surface area (Å²) in [6, 6.07) is 15.5. The van der Waals surface area contributed by atoms with Gasteiger partial charge in [-0.15, -0.1) is 21.5 Å². The molecule has 0 N–H and O–H groups in total. The third kappa shape index (κ3) is 3.84. The summed E-state index contributed by atoms with van der Waals surface area (Å²) in [6.07, 6.45) is 1.70. The summed E-state index contributed by atoms with van der Waals surface area (Å²) in [4.78, 5) is 9.64. The summed E-state index contributed by atoms with van der Waals surface area (Å²) in [7, 11) is 0. The van der Waals surface area contributed by atoms with Gasteiger partial charge in [-0.05, 0) is 60.7 Å². The lowest BCUT2D eigenvalue weighted by atomic mass is 9.93. The van der Waals surface area contributed by atoms with E-state index in [1.807, 2.05) is 28.7 Å². The first-order chi connectivity index (χ1) is 17.0. The van der Waals surface area contributed by atoms with Crippen molar-refractivity contribution in [3.05, 3.63) is 89.1 Å². The molecular formula is C26H24F2N6S. The van der Waals surface area contributed by atoms with E-state index in [-0.39, 0.29) is 29.8 Å². The third-order valence-corrected chi connectivity index (χ3v) is 7.75. The molecule has 0 aliphatic carbocycles. The van der Waals surface area contributed by atoms with Gasteiger partial charge in [-0.3, -0.25) is 9.30 Å². The highest BCUT2D eigenvalue weighted by molar-refractivity contribution is 7.17. The summed E-state index contributed by atoms with van der Waals surface area (Å²) >= 11 is 1.67. The van der Waals surface area contributed by atoms with Gasteiger partial charge in [0.2, 0.25) is 0 Å². The van der Waals surface area contributed by atoms with Gasteiger partial charge in [0.05, 0.1) is 16.3 Å². The van der Waals surface area contributed by atoms with Crippen molar-refractivity contribution in [1.29, 1.82) is 0 Å². The van der Waals surface area contributed by atoms with E-state index in [1.54, 1.807) is 17.7 Å². The van der Waals surface area contributed by atoms with Crippen molar-refractivity contribution < 1.29 is 8.78 Å². The van der Waals surface area contributed by atoms with E-state index >= 15 is 0 Å². The molecule has 0 saturated carbocycles. The van der Waals surface area contributed by atoms with Crippen LogP contribution in [0.25, 0.3) is 16.0 Å². The molecular weight excluding hydrogens is 466 g/mol. The summed E-state index contributed by atoms with van der Waals surface area (Å²) in [6.45, 7) is 5.90. The lowest BCUT2D eigenvalue weighted by molar-refractivity contribution is 0.129. The van der Waals surface area contributed by atoms with Crippen molar-refractivity contribution >= 4 is 33.1 Å². The molecule has 0 spiro atoms. The van der Waals surface area contributed by atoms with Crippen LogP contribution < -0.4 is 4.90 Å². The molecule has 178 valence electrons. The van der Waals surface area contributed by atoms with Gasteiger partial charge in [-0.25, -0.2) is 8.78 Å². The van der Waals surface area contributed by atoms with Crippen molar-refractivity contribution in [1.82, 2.24) is 24.5 Å². The molecule has 35 heavy (non-hydrogen) atoms. The molecule has 5 aromatic rings. The van der Waals surface area contributed by atoms with Crippen LogP contribution in [0, 0.1) is 11.6 Å². The highest BCUT2D eigenvalue weighted by Crippen LogP contribution is 2.37. The molecule has 0 radical (unpaired) electrons. The van der Waals surface area contributed by atoms with Gasteiger partial charge in [0.15, 0.2) is 5.82 Å². The van der Waals surface area contributed by atoms with E-state index in [4.69, 9.17) is 4.98 Å². The Balaban J connectivity index is 1.38. The Labute approximate surface area is 205 Å². The standard InChI is InChI=1S/C26H24F2N6S/c1-16-14-33(25-24-22(11-12-35-24)34-15-29-31-26(34)30-25)17(2)13-32(16)23(18-3-7-20(27)8-4-18)19-5-9-21(28)10-6-19/h3-12,15-17,23H,13-14H2,1-2H3/t16-,17+/m1/s1. The quantitative estimate of drug-likeness (QED) is 0.342. The molecule has 1 saturated heterocycles. The molecule has 2 atom stereocenters. The van der Waals surface area contributed by atoms with E-state index in [0.29, 0.717) is 5.78 Å². The highest BCUT2D eigenvalue weighted by atomic mass is 32.1. The molecule has 1 fully saturated rings. The summed E-state index contributed by atoms with van der Waals surface area (Å²) in [5.41, 5.74) is 3.01. The smallest absolute Gasteiger partial charge is 0.257 e. The van der Waals surface area contributed by atoms with Gasteiger partial charge in [-0.1, -0.05) is 24.3 Å². The third-order valence-electron chi connectivity index (χ3n) is 6.85. The molecule has 0 amide bonds. The van der Waals surface area contributed by atoms with Crippen LogP contribution in [-0.2, 0) is 0 Å². The number of rotatable bonds is 4. The van der Waals surface area contributed by atoms with Crippen molar-refractivity contribution in [2.45, 2.75) is 32.0 Å². The zero-order valence-electron chi connectivity index (χ0n) is 19.3. The van der Waals surface area contributed by atoms with Crippen LogP contribution in [0.3, 0.4) is 0 Å². The average Bonchev–Trinajstić information content (AvgIpc) is 3.52. The highest BCUT2D eigenvalue weighted by Gasteiger charge is 2.36. The zero-order chi connectivity index (χ0) is 24.1. The van der Waals surface area contributed by atoms with E-state index in [2.05, 4.69) is 45.3 Å². The van der Waals surface area contributed by atoms with Gasteiger partial charge in [0.25, 0.3) is 5.78 Å². The molecule has 1 aliphatic rings. The SMILES string of the molecule is C[C@@H]1CN(c2nc3nncn3c3ccsc23)[C@@H](C)CN1C(c1ccc(F)cc1)c1ccc(F)cc1. The molecule has 9 heteroatoms. The Morgan fingerprint density at radius 2 is 1.54 bits per heavy atom. The van der Waals surface area contributed by atoms with Crippen LogP contribution in [0.4, 0.5) is 14.6 Å². The Bertz CT molecular complexity index is 1430. The first-order valence-corrected chi connectivity index (χ1v) is 12.5. The maximum Gasteiger partial charge on any atom is 0.257 e. The Morgan fingerprint density at radius 1 is 0.886 bits per heavy atom. The summed E-state index contributed by atoms with van der Waals surface area (Å²) in [5, 5.41) is 10.3. The molecule has 4 heterocycles. The second-order valence-corrected chi connectivity index (χ2v) is 10.0. The lowest BCUT2D eigenvalue weighted by Gasteiger charge is -2.48. The molecule has 0 unspecified atom stereocenters. The minimum Gasteiger partial charge on any atom is -0.350 e. The second kappa shape index (κ2) is 8.66. The number of fused-ring (bicyclic) bond motifs is 3. The number of piperazine rings is 1. The number of benzene rings is 2. The van der Waals surface area contributed by atoms with Gasteiger partial charge in [-0.2, -0.15) is 4.98 Å². The fourth-order valence-corrected chi connectivity index (χ4v) is 6.04. The van der Waals surface area contributed by atoms with Crippen LogP contribution >= 0.6 is 11.3 Å². The van der Waals surface area contributed by atoms with Crippen molar-refractivity contribution in [3.63, 3.8) is 0 Å². The van der Waals surface area contributed by atoms with Crippen LogP contribution in [0.15, 0.2) is 66.3 Å². The molecule has 6 nitrogen and oxygen atoms in total. The van der Waals surface area contributed by atoms with Crippen LogP contribution in [-0.4, -0.2) is 49.7 Å². The fraction of sp³-hybridized carbons (Fsp3) is 0.269. The van der Waals surface area contributed by atoms with Crippen LogP contribution in [0.5, 0.6) is 0 Å². The minimum atomic E-state index is -0.271. The van der Waals surface area contributed by atoms with Crippen LogP contribution in [0.1, 0.15) is 31.0 Å². The predicted molar refractivity (Wildman–Crippen MR) is 134 cm³/mol. The number of halogens is 2. The monoisotopic (exact) mass is 490 g/mol. The topological polar surface area (TPSA) is 49.6 Å². The van der Waals surface area contributed by atoms with Crippen molar-refractivity contribution in [2.75, 3.05) is 18.0 Å². The average molecular weight is 491 g/mol. The van der Waals surface area contributed by atoms with Gasteiger partial charge < -0.3 is 4.90 Å². The predicted octanol–water partition coefficient (Wildman–Crippen LogP) is 5.31. The summed E-state index contributed by atoms with van der Waals surface area (Å²) < 4.78 is 30.5. The minimum absolute atomic E-state index is 0.121.